The Morgan fingerprint density at radius 1 is 1.50 bits per heavy atom. The van der Waals surface area contributed by atoms with Crippen LogP contribution in [-0.2, 0) is 14.0 Å². The second-order valence-electron chi connectivity index (χ2n) is 3.25. The minimum atomic E-state index is -3.93. The van der Waals surface area contributed by atoms with E-state index in [1.165, 1.54) is 0 Å². The van der Waals surface area contributed by atoms with E-state index in [0.717, 1.165) is 31.3 Å². The summed E-state index contributed by atoms with van der Waals surface area (Å²) in [5.74, 6) is -0.562. The van der Waals surface area contributed by atoms with Gasteiger partial charge in [-0.2, -0.15) is 8.42 Å². The molecule has 0 unspecified atom stereocenters. The fourth-order valence-electron chi connectivity index (χ4n) is 1.44. The van der Waals surface area contributed by atoms with Crippen LogP contribution in [0, 0.1) is 0 Å². The first kappa shape index (κ1) is 11.5. The molecule has 0 radical (unpaired) electrons. The highest BCUT2D eigenvalue weighted by Gasteiger charge is 2.13. The van der Waals surface area contributed by atoms with Gasteiger partial charge in [-0.1, -0.05) is 11.6 Å². The molecule has 0 atom stereocenters. The van der Waals surface area contributed by atoms with Crippen molar-refractivity contribution in [3.8, 4) is 0 Å². The van der Waals surface area contributed by atoms with Crippen LogP contribution in [-0.4, -0.2) is 14.3 Å². The largest absolute Gasteiger partial charge is 0.321 e. The van der Waals surface area contributed by atoms with E-state index >= 15 is 0 Å². The number of carbonyl (C=O) groups is 1. The molecule has 0 bridgehead atoms. The summed E-state index contributed by atoms with van der Waals surface area (Å²) in [4.78, 5) is 11.1. The Labute approximate surface area is 87.9 Å². The van der Waals surface area contributed by atoms with Crippen LogP contribution in [0.4, 0.5) is 0 Å². The van der Waals surface area contributed by atoms with E-state index < -0.39 is 15.1 Å². The molecular weight excluding hydrogens is 226 g/mol. The summed E-state index contributed by atoms with van der Waals surface area (Å²) in [6, 6.07) is 0. The second kappa shape index (κ2) is 4.79. The quantitative estimate of drug-likeness (QED) is 0.597. The van der Waals surface area contributed by atoms with Gasteiger partial charge in [0.1, 0.15) is 0 Å². The van der Waals surface area contributed by atoms with Crippen molar-refractivity contribution in [2.24, 2.45) is 0 Å². The monoisotopic (exact) mass is 237 g/mol. The predicted molar refractivity (Wildman–Crippen MR) is 54.1 cm³/mol. The van der Waals surface area contributed by atoms with Crippen molar-refractivity contribution in [3.63, 3.8) is 0 Å². The molecule has 0 aromatic rings. The summed E-state index contributed by atoms with van der Waals surface area (Å²) in [7, 11) is 0.938. The van der Waals surface area contributed by atoms with Gasteiger partial charge in [0.25, 0.3) is 0 Å². The number of amides is 1. The van der Waals surface area contributed by atoms with Gasteiger partial charge in [-0.05, 0) is 25.7 Å². The van der Waals surface area contributed by atoms with Gasteiger partial charge in [-0.25, -0.2) is 4.72 Å². The Kier molecular flexibility index (Phi) is 3.95. The number of halogens is 1. The van der Waals surface area contributed by atoms with Gasteiger partial charge in [0, 0.05) is 17.1 Å². The van der Waals surface area contributed by atoms with Gasteiger partial charge in [0.2, 0.25) is 5.91 Å². The summed E-state index contributed by atoms with van der Waals surface area (Å²) in [6.07, 6.45) is 6.16. The van der Waals surface area contributed by atoms with Crippen LogP contribution in [0.1, 0.15) is 32.1 Å². The summed E-state index contributed by atoms with van der Waals surface area (Å²) in [6.45, 7) is 0. The second-order valence-corrected chi connectivity index (χ2v) is 5.55. The molecule has 1 aliphatic rings. The van der Waals surface area contributed by atoms with Crippen molar-refractivity contribution in [2.45, 2.75) is 32.1 Å². The Bertz CT molecular complexity index is 348. The molecule has 0 spiro atoms. The summed E-state index contributed by atoms with van der Waals surface area (Å²) < 4.78 is 22.7. The minimum Gasteiger partial charge on any atom is -0.274 e. The zero-order chi connectivity index (χ0) is 10.6. The zero-order valence-corrected chi connectivity index (χ0v) is 9.20. The van der Waals surface area contributed by atoms with Crippen molar-refractivity contribution in [1.82, 2.24) is 4.72 Å². The molecule has 0 saturated heterocycles. The number of hydrogen-bond donors (Lipinski definition) is 1. The molecule has 0 heterocycles. The first-order valence-electron chi connectivity index (χ1n) is 4.40. The van der Waals surface area contributed by atoms with Crippen molar-refractivity contribution >= 4 is 25.8 Å². The molecule has 1 rings (SSSR count). The minimum absolute atomic E-state index is 0.131. The van der Waals surface area contributed by atoms with Gasteiger partial charge in [-0.15, -0.1) is 0 Å². The van der Waals surface area contributed by atoms with E-state index in [0.29, 0.717) is 0 Å². The van der Waals surface area contributed by atoms with Crippen molar-refractivity contribution in [3.05, 3.63) is 11.6 Å². The normalized spacial score (nSPS) is 17.4. The fourth-order valence-corrected chi connectivity index (χ4v) is 2.05. The standard InChI is InChI=1S/C8H12ClNO3S/c9-14(12,13)10-8(11)6-7-4-2-1-3-5-7/h4H,1-3,5-6H2,(H,10,11). The van der Waals surface area contributed by atoms with Crippen molar-refractivity contribution in [1.29, 1.82) is 0 Å². The van der Waals surface area contributed by atoms with Crippen LogP contribution < -0.4 is 4.72 Å². The Morgan fingerprint density at radius 3 is 2.71 bits per heavy atom. The third kappa shape index (κ3) is 4.62. The predicted octanol–water partition coefficient (Wildman–Crippen LogP) is 1.48. The lowest BCUT2D eigenvalue weighted by Crippen LogP contribution is -2.26. The maximum atomic E-state index is 11.1. The van der Waals surface area contributed by atoms with E-state index in [-0.39, 0.29) is 6.42 Å². The molecule has 1 amide bonds. The number of allylic oxidation sites excluding steroid dienone is 1. The van der Waals surface area contributed by atoms with Gasteiger partial charge >= 0.3 is 9.24 Å². The van der Waals surface area contributed by atoms with Crippen LogP contribution >= 0.6 is 10.7 Å². The smallest absolute Gasteiger partial charge is 0.274 e. The Hall–Kier alpha value is -0.550. The molecule has 0 saturated carbocycles. The molecule has 1 aliphatic carbocycles. The average molecular weight is 238 g/mol. The lowest BCUT2D eigenvalue weighted by Gasteiger charge is -2.11. The third-order valence-electron chi connectivity index (χ3n) is 2.01. The SMILES string of the molecule is O=C(CC1=CCCCC1)NS(=O)(=O)Cl. The maximum absolute atomic E-state index is 11.1. The third-order valence-corrected chi connectivity index (χ3v) is 2.71. The lowest BCUT2D eigenvalue weighted by molar-refractivity contribution is -0.118. The van der Waals surface area contributed by atoms with Crippen LogP contribution in [0.15, 0.2) is 11.6 Å². The van der Waals surface area contributed by atoms with Crippen LogP contribution in [0.5, 0.6) is 0 Å². The first-order chi connectivity index (χ1) is 6.47. The van der Waals surface area contributed by atoms with Crippen LogP contribution in [0.25, 0.3) is 0 Å². The Morgan fingerprint density at radius 2 is 2.21 bits per heavy atom. The number of rotatable bonds is 3. The summed E-state index contributed by atoms with van der Waals surface area (Å²) in [5, 5.41) is 0. The molecular formula is C8H12ClNO3S. The average Bonchev–Trinajstić information content (AvgIpc) is 2.02. The highest BCUT2D eigenvalue weighted by molar-refractivity contribution is 8.12. The zero-order valence-electron chi connectivity index (χ0n) is 7.62. The summed E-state index contributed by atoms with van der Waals surface area (Å²) in [5.41, 5.74) is 0.995. The number of hydrogen-bond acceptors (Lipinski definition) is 3. The molecule has 14 heavy (non-hydrogen) atoms. The first-order valence-corrected chi connectivity index (χ1v) is 6.71. The Balaban J connectivity index is 2.44. The number of nitrogens with one attached hydrogen (secondary N) is 1. The molecule has 6 heteroatoms. The van der Waals surface area contributed by atoms with Crippen LogP contribution in [0.2, 0.25) is 0 Å². The molecule has 4 nitrogen and oxygen atoms in total. The van der Waals surface area contributed by atoms with Crippen molar-refractivity contribution in [2.75, 3.05) is 0 Å². The number of carbonyl (C=O) groups excluding carboxylic acids is 1. The van der Waals surface area contributed by atoms with Gasteiger partial charge in [0.15, 0.2) is 0 Å². The van der Waals surface area contributed by atoms with E-state index in [9.17, 15) is 13.2 Å². The van der Waals surface area contributed by atoms with Gasteiger partial charge in [-0.3, -0.25) is 4.79 Å². The molecule has 0 aromatic heterocycles. The van der Waals surface area contributed by atoms with E-state index in [2.05, 4.69) is 0 Å². The van der Waals surface area contributed by atoms with Crippen molar-refractivity contribution < 1.29 is 13.2 Å². The topological polar surface area (TPSA) is 63.2 Å². The van der Waals surface area contributed by atoms with E-state index in [1.54, 1.807) is 4.72 Å². The maximum Gasteiger partial charge on any atom is 0.321 e. The fraction of sp³-hybridized carbons (Fsp3) is 0.625. The van der Waals surface area contributed by atoms with E-state index in [4.69, 9.17) is 10.7 Å². The van der Waals surface area contributed by atoms with Gasteiger partial charge in [0.05, 0.1) is 0 Å². The lowest BCUT2D eigenvalue weighted by atomic mass is 9.97. The summed E-state index contributed by atoms with van der Waals surface area (Å²) >= 11 is 0. The van der Waals surface area contributed by atoms with E-state index in [1.807, 2.05) is 6.08 Å². The van der Waals surface area contributed by atoms with Gasteiger partial charge < -0.3 is 0 Å². The highest BCUT2D eigenvalue weighted by atomic mass is 35.7. The molecule has 0 aliphatic heterocycles. The molecule has 1 N–H and O–H groups in total. The molecule has 0 fully saturated rings. The molecule has 0 aromatic carbocycles. The molecule has 80 valence electrons. The van der Waals surface area contributed by atoms with Crippen LogP contribution in [0.3, 0.4) is 0 Å². The highest BCUT2D eigenvalue weighted by Crippen LogP contribution is 2.19.